The Kier molecular flexibility index (Phi) is 5.01. The van der Waals surface area contributed by atoms with Crippen molar-refractivity contribution < 1.29 is 9.90 Å². The minimum atomic E-state index is -0.884. The molecule has 0 aliphatic heterocycles. The fraction of sp³-hybridized carbons (Fsp3) is 0.385. The highest BCUT2D eigenvalue weighted by Gasteiger charge is 2.11. The van der Waals surface area contributed by atoms with E-state index in [0.717, 1.165) is 27.8 Å². The molecule has 0 saturated heterocycles. The van der Waals surface area contributed by atoms with Crippen LogP contribution in [0.3, 0.4) is 0 Å². The molecule has 2 aromatic heterocycles. The van der Waals surface area contributed by atoms with Gasteiger partial charge in [-0.05, 0) is 12.5 Å². The molecule has 19 heavy (non-hydrogen) atoms. The summed E-state index contributed by atoms with van der Waals surface area (Å²) in [5.41, 5.74) is 1.23. The van der Waals surface area contributed by atoms with E-state index in [1.54, 1.807) is 22.8 Å². The Morgan fingerprint density at radius 1 is 1.47 bits per heavy atom. The smallest absolute Gasteiger partial charge is 0.336 e. The lowest BCUT2D eigenvalue weighted by atomic mass is 10.3. The second-order valence-electron chi connectivity index (χ2n) is 4.16. The van der Waals surface area contributed by atoms with Gasteiger partial charge in [-0.2, -0.15) is 11.8 Å². The van der Waals surface area contributed by atoms with Crippen LogP contribution in [0.4, 0.5) is 0 Å². The first-order chi connectivity index (χ1) is 9.10. The summed E-state index contributed by atoms with van der Waals surface area (Å²) in [4.78, 5) is 16.3. The van der Waals surface area contributed by atoms with Crippen LogP contribution in [0.2, 0.25) is 0 Å². The molecular formula is C13H15NO2S3. The highest BCUT2D eigenvalue weighted by atomic mass is 32.2. The summed E-state index contributed by atoms with van der Waals surface area (Å²) in [6, 6.07) is 1.69. The predicted octanol–water partition coefficient (Wildman–Crippen LogP) is 4.60. The number of hydrogen-bond donors (Lipinski definition) is 1. The Bertz CT molecular complexity index is 562. The lowest BCUT2D eigenvalue weighted by molar-refractivity contribution is 0.0697. The minimum absolute atomic E-state index is 0.337. The summed E-state index contributed by atoms with van der Waals surface area (Å²) in [5.74, 6) is 0.0434. The molecule has 1 N–H and O–H groups in total. The number of aromatic carboxylic acids is 1. The van der Waals surface area contributed by atoms with Crippen molar-refractivity contribution in [3.05, 3.63) is 27.4 Å². The van der Waals surface area contributed by atoms with Gasteiger partial charge in [-0.3, -0.25) is 0 Å². The van der Waals surface area contributed by atoms with Gasteiger partial charge in [0.15, 0.2) is 0 Å². The van der Waals surface area contributed by atoms with E-state index in [9.17, 15) is 4.79 Å². The van der Waals surface area contributed by atoms with Crippen molar-refractivity contribution in [3.63, 3.8) is 0 Å². The molecule has 2 heterocycles. The predicted molar refractivity (Wildman–Crippen MR) is 83.4 cm³/mol. The number of nitrogens with zero attached hydrogens (tertiary/aromatic N) is 1. The molecule has 2 aromatic rings. The first-order valence-electron chi connectivity index (χ1n) is 5.98. The summed E-state index contributed by atoms with van der Waals surface area (Å²) in [6.45, 7) is 4.40. The van der Waals surface area contributed by atoms with Crippen LogP contribution in [-0.4, -0.2) is 21.3 Å². The van der Waals surface area contributed by atoms with Crippen molar-refractivity contribution in [2.75, 3.05) is 0 Å². The Balaban J connectivity index is 2.05. The van der Waals surface area contributed by atoms with E-state index < -0.39 is 5.97 Å². The van der Waals surface area contributed by atoms with Crippen LogP contribution in [0.25, 0.3) is 10.6 Å². The molecule has 0 aliphatic rings. The molecule has 6 heteroatoms. The number of carboxylic acids is 1. The lowest BCUT2D eigenvalue weighted by Crippen LogP contribution is -1.93. The number of aromatic nitrogens is 1. The van der Waals surface area contributed by atoms with Crippen molar-refractivity contribution in [2.45, 2.75) is 31.3 Å². The van der Waals surface area contributed by atoms with E-state index in [2.05, 4.69) is 18.8 Å². The molecule has 1 atom stereocenters. The zero-order valence-corrected chi connectivity index (χ0v) is 13.2. The number of thiazole rings is 1. The normalized spacial score (nSPS) is 12.5. The molecule has 102 valence electrons. The van der Waals surface area contributed by atoms with Crippen molar-refractivity contribution in [2.24, 2.45) is 0 Å². The maximum atomic E-state index is 10.8. The number of thiophene rings is 1. The molecule has 1 unspecified atom stereocenters. The van der Waals surface area contributed by atoms with Crippen LogP contribution in [0.5, 0.6) is 0 Å². The Hall–Kier alpha value is -0.850. The van der Waals surface area contributed by atoms with Gasteiger partial charge in [-0.1, -0.05) is 13.8 Å². The first-order valence-corrected chi connectivity index (χ1v) is 8.79. The molecule has 0 aromatic carbocycles. The monoisotopic (exact) mass is 313 g/mol. The highest BCUT2D eigenvalue weighted by molar-refractivity contribution is 7.99. The van der Waals surface area contributed by atoms with Crippen molar-refractivity contribution in [1.29, 1.82) is 0 Å². The zero-order chi connectivity index (χ0) is 13.8. The van der Waals surface area contributed by atoms with Crippen LogP contribution >= 0.6 is 34.4 Å². The summed E-state index contributed by atoms with van der Waals surface area (Å²) in [6.07, 6.45) is 1.16. The van der Waals surface area contributed by atoms with Crippen LogP contribution in [0.1, 0.15) is 35.6 Å². The molecule has 2 rings (SSSR count). The van der Waals surface area contributed by atoms with Gasteiger partial charge in [-0.25, -0.2) is 9.78 Å². The van der Waals surface area contributed by atoms with Crippen LogP contribution in [0, 0.1) is 0 Å². The lowest BCUT2D eigenvalue weighted by Gasteiger charge is -2.05. The topological polar surface area (TPSA) is 50.2 Å². The maximum absolute atomic E-state index is 10.8. The number of carbonyl (C=O) groups is 1. The molecule has 3 nitrogen and oxygen atoms in total. The number of hydrogen-bond acceptors (Lipinski definition) is 5. The zero-order valence-electron chi connectivity index (χ0n) is 10.8. The standard InChI is InChI=1S/C13H15NO2S3/c1-3-8(2)17-7-12-14-10(6-19-12)11-4-9(5-18-11)13(15)16/h4-6,8H,3,7H2,1-2H3,(H,15,16). The molecular weight excluding hydrogens is 298 g/mol. The van der Waals surface area contributed by atoms with E-state index in [-0.39, 0.29) is 0 Å². The van der Waals surface area contributed by atoms with Crippen LogP contribution < -0.4 is 0 Å². The fourth-order valence-electron chi connectivity index (χ4n) is 1.40. The molecule has 0 spiro atoms. The Labute approximate surface area is 124 Å². The molecule has 0 bridgehead atoms. The Morgan fingerprint density at radius 2 is 2.26 bits per heavy atom. The molecule has 0 fully saturated rings. The summed E-state index contributed by atoms with van der Waals surface area (Å²) >= 11 is 4.98. The van der Waals surface area contributed by atoms with Crippen LogP contribution in [-0.2, 0) is 5.75 Å². The van der Waals surface area contributed by atoms with Crippen LogP contribution in [0.15, 0.2) is 16.8 Å². The highest BCUT2D eigenvalue weighted by Crippen LogP contribution is 2.30. The van der Waals surface area contributed by atoms with E-state index >= 15 is 0 Å². The third kappa shape index (κ3) is 3.81. The van der Waals surface area contributed by atoms with Gasteiger partial charge in [0.25, 0.3) is 0 Å². The second kappa shape index (κ2) is 6.54. The Morgan fingerprint density at radius 3 is 2.89 bits per heavy atom. The van der Waals surface area contributed by atoms with E-state index in [0.29, 0.717) is 10.8 Å². The third-order valence-corrected chi connectivity index (χ3v) is 6.04. The average Bonchev–Trinajstić information content (AvgIpc) is 3.04. The number of rotatable bonds is 6. The van der Waals surface area contributed by atoms with Gasteiger partial charge < -0.3 is 5.11 Å². The fourth-order valence-corrected chi connectivity index (χ4v) is 4.10. The van der Waals surface area contributed by atoms with E-state index in [1.165, 1.54) is 11.3 Å². The summed E-state index contributed by atoms with van der Waals surface area (Å²) in [5, 5.41) is 14.3. The van der Waals surface area contributed by atoms with Crippen molar-refractivity contribution >= 4 is 40.4 Å². The first kappa shape index (κ1) is 14.6. The quantitative estimate of drug-likeness (QED) is 0.846. The molecule has 0 saturated carbocycles. The van der Waals surface area contributed by atoms with Crippen molar-refractivity contribution in [3.8, 4) is 10.6 Å². The third-order valence-electron chi connectivity index (χ3n) is 2.72. The van der Waals surface area contributed by atoms with Crippen molar-refractivity contribution in [1.82, 2.24) is 4.98 Å². The summed E-state index contributed by atoms with van der Waals surface area (Å²) < 4.78 is 0. The van der Waals surface area contributed by atoms with Gasteiger partial charge in [-0.15, -0.1) is 22.7 Å². The van der Waals surface area contributed by atoms with E-state index in [1.807, 2.05) is 17.1 Å². The SMILES string of the molecule is CCC(C)SCc1nc(-c2cc(C(=O)O)cs2)cs1. The molecule has 0 aliphatic carbocycles. The van der Waals surface area contributed by atoms with Gasteiger partial charge in [0.05, 0.1) is 16.1 Å². The molecule has 0 radical (unpaired) electrons. The summed E-state index contributed by atoms with van der Waals surface area (Å²) in [7, 11) is 0. The molecule has 0 amide bonds. The minimum Gasteiger partial charge on any atom is -0.478 e. The largest absolute Gasteiger partial charge is 0.478 e. The van der Waals surface area contributed by atoms with E-state index in [4.69, 9.17) is 5.11 Å². The van der Waals surface area contributed by atoms with Gasteiger partial charge in [0, 0.05) is 21.8 Å². The van der Waals surface area contributed by atoms with Gasteiger partial charge in [0.1, 0.15) is 5.01 Å². The van der Waals surface area contributed by atoms with Gasteiger partial charge >= 0.3 is 5.97 Å². The second-order valence-corrected chi connectivity index (χ2v) is 7.44. The number of carboxylic acid groups (broad SMARTS) is 1. The average molecular weight is 313 g/mol. The maximum Gasteiger partial charge on any atom is 0.336 e. The van der Waals surface area contributed by atoms with Gasteiger partial charge in [0.2, 0.25) is 0 Å². The number of thioether (sulfide) groups is 1.